The first-order valence-electron chi connectivity index (χ1n) is 6.12. The van der Waals surface area contributed by atoms with Crippen LogP contribution in [0.25, 0.3) is 11.3 Å². The Bertz CT molecular complexity index is 822. The van der Waals surface area contributed by atoms with E-state index in [4.69, 9.17) is 11.6 Å². The van der Waals surface area contributed by atoms with Crippen molar-refractivity contribution in [3.63, 3.8) is 0 Å². The van der Waals surface area contributed by atoms with Gasteiger partial charge >= 0.3 is 0 Å². The van der Waals surface area contributed by atoms with Crippen molar-refractivity contribution in [1.82, 2.24) is 15.0 Å². The Morgan fingerprint density at radius 3 is 2.68 bits per heavy atom. The van der Waals surface area contributed by atoms with Gasteiger partial charge in [-0.25, -0.2) is 14.4 Å². The second-order valence-electron chi connectivity index (χ2n) is 4.23. The zero-order valence-corrected chi connectivity index (χ0v) is 12.5. The number of rotatable bonds is 3. The number of anilines is 1. The predicted octanol–water partition coefficient (Wildman–Crippen LogP) is 3.64. The van der Waals surface area contributed by atoms with E-state index in [0.29, 0.717) is 10.8 Å². The Hall–Kier alpha value is -2.38. The second-order valence-corrected chi connectivity index (χ2v) is 5.47. The van der Waals surface area contributed by atoms with Crippen LogP contribution in [0.2, 0.25) is 5.15 Å². The highest BCUT2D eigenvalue weighted by atomic mass is 35.5. The molecular formula is C14H8ClFN4OS. The number of benzene rings is 1. The molecule has 2 aromatic heterocycles. The molecule has 0 saturated heterocycles. The van der Waals surface area contributed by atoms with E-state index in [0.717, 1.165) is 5.56 Å². The molecular weight excluding hydrogens is 327 g/mol. The zero-order valence-electron chi connectivity index (χ0n) is 11.0. The summed E-state index contributed by atoms with van der Waals surface area (Å²) in [5.41, 5.74) is 1.52. The standard InChI is InChI=1S/C14H8ClFN4OS/c15-12-6-17-5-10(18-12)13(21)20-14-19-11(7-22-14)8-1-3-9(16)4-2-8/h1-7H,(H,19,20,21). The Morgan fingerprint density at radius 2 is 1.95 bits per heavy atom. The first kappa shape index (κ1) is 14.6. The van der Waals surface area contributed by atoms with Gasteiger partial charge in [-0.2, -0.15) is 0 Å². The fourth-order valence-corrected chi connectivity index (χ4v) is 2.56. The van der Waals surface area contributed by atoms with Crippen LogP contribution in [-0.2, 0) is 0 Å². The third-order valence-corrected chi connectivity index (χ3v) is 3.64. The highest BCUT2D eigenvalue weighted by Crippen LogP contribution is 2.25. The Morgan fingerprint density at radius 1 is 1.18 bits per heavy atom. The van der Waals surface area contributed by atoms with Gasteiger partial charge in [-0.1, -0.05) is 11.6 Å². The van der Waals surface area contributed by atoms with Crippen molar-refractivity contribution in [3.8, 4) is 11.3 Å². The molecule has 0 unspecified atom stereocenters. The quantitative estimate of drug-likeness (QED) is 0.794. The Balaban J connectivity index is 1.77. The number of thiazole rings is 1. The van der Waals surface area contributed by atoms with E-state index in [1.165, 1.54) is 35.9 Å². The number of hydrogen-bond donors (Lipinski definition) is 1. The monoisotopic (exact) mass is 334 g/mol. The van der Waals surface area contributed by atoms with Gasteiger partial charge in [0.25, 0.3) is 5.91 Å². The van der Waals surface area contributed by atoms with Crippen molar-refractivity contribution < 1.29 is 9.18 Å². The summed E-state index contributed by atoms with van der Waals surface area (Å²) in [5.74, 6) is -0.762. The smallest absolute Gasteiger partial charge is 0.277 e. The van der Waals surface area contributed by atoms with Gasteiger partial charge < -0.3 is 0 Å². The van der Waals surface area contributed by atoms with Crippen LogP contribution in [0, 0.1) is 5.82 Å². The molecule has 1 aromatic carbocycles. The number of carbonyl (C=O) groups excluding carboxylic acids is 1. The normalized spacial score (nSPS) is 10.5. The lowest BCUT2D eigenvalue weighted by atomic mass is 10.2. The molecule has 1 amide bonds. The van der Waals surface area contributed by atoms with Crippen LogP contribution < -0.4 is 5.32 Å². The van der Waals surface area contributed by atoms with E-state index in [9.17, 15) is 9.18 Å². The van der Waals surface area contributed by atoms with Crippen molar-refractivity contribution in [2.75, 3.05) is 5.32 Å². The van der Waals surface area contributed by atoms with Crippen molar-refractivity contribution in [2.24, 2.45) is 0 Å². The average Bonchev–Trinajstić information content (AvgIpc) is 2.96. The summed E-state index contributed by atoms with van der Waals surface area (Å²) in [6.07, 6.45) is 2.66. The molecule has 0 atom stereocenters. The lowest BCUT2D eigenvalue weighted by Gasteiger charge is -2.00. The summed E-state index contributed by atoms with van der Waals surface area (Å²) < 4.78 is 12.9. The number of carbonyl (C=O) groups is 1. The lowest BCUT2D eigenvalue weighted by molar-refractivity contribution is 0.102. The highest BCUT2D eigenvalue weighted by Gasteiger charge is 2.12. The molecule has 8 heteroatoms. The van der Waals surface area contributed by atoms with Crippen molar-refractivity contribution in [2.45, 2.75) is 0 Å². The molecule has 0 aliphatic rings. The van der Waals surface area contributed by atoms with Crippen LogP contribution in [-0.4, -0.2) is 20.9 Å². The third kappa shape index (κ3) is 3.26. The zero-order chi connectivity index (χ0) is 15.5. The number of hydrogen-bond acceptors (Lipinski definition) is 5. The number of nitrogens with zero attached hydrogens (tertiary/aromatic N) is 3. The van der Waals surface area contributed by atoms with E-state index < -0.39 is 5.91 Å². The van der Waals surface area contributed by atoms with Gasteiger partial charge in [0.1, 0.15) is 16.7 Å². The largest absolute Gasteiger partial charge is 0.296 e. The van der Waals surface area contributed by atoms with Crippen LogP contribution in [0.3, 0.4) is 0 Å². The first-order chi connectivity index (χ1) is 10.6. The van der Waals surface area contributed by atoms with Gasteiger partial charge in [0.15, 0.2) is 5.13 Å². The number of amides is 1. The summed E-state index contributed by atoms with van der Waals surface area (Å²) in [4.78, 5) is 24.0. The molecule has 0 spiro atoms. The summed E-state index contributed by atoms with van der Waals surface area (Å²) >= 11 is 6.95. The Kier molecular flexibility index (Phi) is 4.08. The number of halogens is 2. The van der Waals surface area contributed by atoms with Crippen molar-refractivity contribution in [3.05, 3.63) is 58.7 Å². The third-order valence-electron chi connectivity index (χ3n) is 2.70. The van der Waals surface area contributed by atoms with Crippen LogP contribution in [0.4, 0.5) is 9.52 Å². The predicted molar refractivity (Wildman–Crippen MR) is 82.5 cm³/mol. The van der Waals surface area contributed by atoms with Gasteiger partial charge in [-0.3, -0.25) is 15.1 Å². The molecule has 0 saturated carbocycles. The van der Waals surface area contributed by atoms with Gasteiger partial charge in [0.05, 0.1) is 18.1 Å². The van der Waals surface area contributed by atoms with Crippen LogP contribution >= 0.6 is 22.9 Å². The van der Waals surface area contributed by atoms with E-state index >= 15 is 0 Å². The van der Waals surface area contributed by atoms with E-state index in [1.54, 1.807) is 17.5 Å². The van der Waals surface area contributed by atoms with Crippen LogP contribution in [0.1, 0.15) is 10.5 Å². The van der Waals surface area contributed by atoms with E-state index in [2.05, 4.69) is 20.3 Å². The number of aromatic nitrogens is 3. The average molecular weight is 335 g/mol. The Labute approximate surface area is 133 Å². The van der Waals surface area contributed by atoms with E-state index in [1.807, 2.05) is 0 Å². The summed E-state index contributed by atoms with van der Waals surface area (Å²) in [5, 5.41) is 4.94. The molecule has 3 aromatic rings. The minimum absolute atomic E-state index is 0.103. The fourth-order valence-electron chi connectivity index (χ4n) is 1.70. The number of nitrogens with one attached hydrogen (secondary N) is 1. The van der Waals surface area contributed by atoms with Gasteiger partial charge in [-0.05, 0) is 24.3 Å². The molecule has 110 valence electrons. The minimum Gasteiger partial charge on any atom is -0.296 e. The molecule has 0 aliphatic carbocycles. The van der Waals surface area contributed by atoms with Crippen molar-refractivity contribution >= 4 is 34.0 Å². The molecule has 5 nitrogen and oxygen atoms in total. The molecule has 0 aliphatic heterocycles. The molecule has 1 N–H and O–H groups in total. The maximum atomic E-state index is 12.9. The summed E-state index contributed by atoms with van der Waals surface area (Å²) in [6, 6.07) is 5.96. The topological polar surface area (TPSA) is 67.8 Å². The maximum absolute atomic E-state index is 12.9. The van der Waals surface area contributed by atoms with Gasteiger partial charge in [0.2, 0.25) is 0 Å². The second kappa shape index (κ2) is 6.17. The lowest BCUT2D eigenvalue weighted by Crippen LogP contribution is -2.13. The van der Waals surface area contributed by atoms with E-state index in [-0.39, 0.29) is 16.7 Å². The maximum Gasteiger partial charge on any atom is 0.277 e. The molecule has 0 bridgehead atoms. The summed E-state index contributed by atoms with van der Waals surface area (Å²) in [7, 11) is 0. The molecule has 0 fully saturated rings. The van der Waals surface area contributed by atoms with Crippen LogP contribution in [0.15, 0.2) is 42.0 Å². The summed E-state index contributed by atoms with van der Waals surface area (Å²) in [6.45, 7) is 0. The van der Waals surface area contributed by atoms with Crippen LogP contribution in [0.5, 0.6) is 0 Å². The molecule has 3 rings (SSSR count). The van der Waals surface area contributed by atoms with Gasteiger partial charge in [0, 0.05) is 10.9 Å². The first-order valence-corrected chi connectivity index (χ1v) is 7.38. The minimum atomic E-state index is -0.449. The van der Waals surface area contributed by atoms with Gasteiger partial charge in [-0.15, -0.1) is 11.3 Å². The molecule has 22 heavy (non-hydrogen) atoms. The highest BCUT2D eigenvalue weighted by molar-refractivity contribution is 7.14. The van der Waals surface area contributed by atoms with Crippen molar-refractivity contribution in [1.29, 1.82) is 0 Å². The SMILES string of the molecule is O=C(Nc1nc(-c2ccc(F)cc2)cs1)c1cncc(Cl)n1. The fraction of sp³-hybridized carbons (Fsp3) is 0. The molecule has 2 heterocycles. The molecule has 0 radical (unpaired) electrons.